The van der Waals surface area contributed by atoms with Gasteiger partial charge in [0.2, 0.25) is 0 Å². The fraction of sp³-hybridized carbons (Fsp3) is 0. The minimum absolute atomic E-state index is 0.618. The third-order valence-corrected chi connectivity index (χ3v) is 44.0. The summed E-state index contributed by atoms with van der Waals surface area (Å²) in [5, 5.41) is 27.5. The molecule has 35 rings (SSSR count). The van der Waals surface area contributed by atoms with Crippen molar-refractivity contribution in [1.29, 1.82) is 0 Å². The van der Waals surface area contributed by atoms with Crippen LogP contribution in [0.4, 0.5) is 56.9 Å². The quantitative estimate of drug-likeness (QED) is 0.140. The molecule has 10 heterocycles. The number of nitrogens with zero attached hydrogens (tertiary/aromatic N) is 5. The highest BCUT2D eigenvalue weighted by atomic mass is 31.1. The predicted octanol–water partition coefficient (Wildman–Crippen LogP) is 34.9. The first-order valence-corrected chi connectivity index (χ1v) is 58.0. The zero-order valence-electron chi connectivity index (χ0n) is 81.4. The fourth-order valence-corrected chi connectivity index (χ4v) is 39.0. The molecule has 0 saturated heterocycles. The van der Waals surface area contributed by atoms with Crippen molar-refractivity contribution in [2.75, 3.05) is 23.4 Å². The first-order valence-electron chi connectivity index (χ1n) is 51.6. The molecule has 10 aliphatic rings. The molecular formula is C140H90N5P5. The van der Waals surface area contributed by atoms with Gasteiger partial charge in [-0.3, -0.25) is 0 Å². The van der Waals surface area contributed by atoms with Gasteiger partial charge in [0.1, 0.15) is 0 Å². The molecule has 700 valence electrons. The number of rotatable bonds is 0. The number of para-hydroxylation sites is 6. The van der Waals surface area contributed by atoms with Gasteiger partial charge < -0.3 is 23.4 Å². The van der Waals surface area contributed by atoms with E-state index in [-0.39, 0.29) is 0 Å². The Morgan fingerprint density at radius 3 is 0.593 bits per heavy atom. The van der Waals surface area contributed by atoms with Crippen LogP contribution in [0, 0.1) is 0 Å². The molecule has 0 bridgehead atoms. The molecule has 25 aromatic carbocycles. The Kier molecular flexibility index (Phi) is 20.6. The van der Waals surface area contributed by atoms with E-state index < -0.39 is 40.4 Å². The lowest BCUT2D eigenvalue weighted by molar-refractivity contribution is 1.38. The highest BCUT2D eigenvalue weighted by Gasteiger charge is 2.47. The molecule has 25 aromatic rings. The maximum atomic E-state index is 2.70. The van der Waals surface area contributed by atoms with Crippen molar-refractivity contribution in [2.24, 2.45) is 0 Å². The average molecular weight is 2000 g/mol. The summed E-state index contributed by atoms with van der Waals surface area (Å²) in [4.78, 5) is 0. The van der Waals surface area contributed by atoms with Crippen molar-refractivity contribution in [3.8, 4) is 111 Å². The number of hydrogen-bond donors (Lipinski definition) is 0. The minimum Gasteiger partial charge on any atom is -0.310 e. The predicted molar refractivity (Wildman–Crippen MR) is 648 cm³/mol. The summed E-state index contributed by atoms with van der Waals surface area (Å²) in [6.45, 7) is 0. The molecule has 0 saturated carbocycles. The van der Waals surface area contributed by atoms with Gasteiger partial charge in [0.15, 0.2) is 0 Å². The molecule has 0 aromatic heterocycles. The van der Waals surface area contributed by atoms with E-state index in [2.05, 4.69) is 569 Å². The van der Waals surface area contributed by atoms with Crippen molar-refractivity contribution in [1.82, 2.24) is 0 Å². The van der Waals surface area contributed by atoms with Crippen molar-refractivity contribution in [3.63, 3.8) is 0 Å². The van der Waals surface area contributed by atoms with Crippen molar-refractivity contribution in [2.45, 2.75) is 0 Å². The smallest absolute Gasteiger partial charge is 0.0612 e. The largest absolute Gasteiger partial charge is 0.310 e. The van der Waals surface area contributed by atoms with Gasteiger partial charge in [-0.05, 0) is 154 Å². The van der Waals surface area contributed by atoms with Crippen molar-refractivity contribution < 1.29 is 0 Å². The van der Waals surface area contributed by atoms with E-state index in [4.69, 9.17) is 0 Å². The molecule has 10 aliphatic heterocycles. The molecular weight excluding hydrogens is 1910 g/mol. The van der Waals surface area contributed by atoms with E-state index in [9.17, 15) is 0 Å². The van der Waals surface area contributed by atoms with Crippen molar-refractivity contribution >= 4 is 204 Å². The van der Waals surface area contributed by atoms with Crippen LogP contribution in [0.15, 0.2) is 546 Å². The highest BCUT2D eigenvalue weighted by molar-refractivity contribution is 7.77. The molecule has 150 heavy (non-hydrogen) atoms. The molecule has 0 radical (unpaired) electrons. The van der Waals surface area contributed by atoms with Gasteiger partial charge in [-0.1, -0.05) is 485 Å². The zero-order chi connectivity index (χ0) is 98.3. The summed E-state index contributed by atoms with van der Waals surface area (Å²) in [5.74, 6) is 0. The monoisotopic (exact) mass is 2000 g/mol. The molecule has 0 N–H and O–H groups in total. The van der Waals surface area contributed by atoms with Crippen LogP contribution in [0.2, 0.25) is 0 Å². The minimum atomic E-state index is -0.764. The normalized spacial score (nSPS) is 14.9. The van der Waals surface area contributed by atoms with Crippen LogP contribution in [-0.2, 0) is 0 Å². The standard InChI is InChI=1S/C32H20NP.3C28H18NP.C24H16NP/c1-3-11-23-21(9-1)17-19-27-25-13-5-7-15-29(25)34-30-16-8-6-14-26(30)28-20-18-22-10-2-4-12-24(22)32(28)33(34)31(23)27;1-2-10-20-18-28-24(17-19(20)9-1)22-12-4-7-15-26(22)29-25-14-6-3-11-21(25)23-13-5-8-16-27(23)30(28)29;1-2-10-20-18-26-24(17-19(20)9-1)23-13-5-8-16-28(23)30-27-15-7-4-12-22(27)21-11-3-6-14-25(21)29(26)30;1-2-10-20-19(9-1)17-18-24-23-13-5-8-16-27(23)30-26-15-7-4-12-22(26)21-11-3-6-14-25(21)29(30)28(20)24;1-5-13-21-17(9-1)19-11-3-7-15-23(19)26-24-16-8-4-12-20(24)18-10-2-6-14-22(18)25(21)26/h1-20H;3*1-18H;1-16H. The van der Waals surface area contributed by atoms with Crippen LogP contribution in [0.3, 0.4) is 0 Å². The Bertz CT molecular complexity index is 9370. The Morgan fingerprint density at radius 1 is 0.100 bits per heavy atom. The molecule has 5 nitrogen and oxygen atoms in total. The second-order valence-corrected chi connectivity index (χ2v) is 49.3. The second-order valence-electron chi connectivity index (χ2n) is 39.4. The topological polar surface area (TPSA) is 16.2 Å². The van der Waals surface area contributed by atoms with Crippen LogP contribution < -0.4 is 76.4 Å². The van der Waals surface area contributed by atoms with Gasteiger partial charge in [-0.2, -0.15) is 0 Å². The van der Waals surface area contributed by atoms with Gasteiger partial charge in [0.05, 0.1) is 97.2 Å². The molecule has 0 fully saturated rings. The van der Waals surface area contributed by atoms with E-state index >= 15 is 0 Å². The van der Waals surface area contributed by atoms with E-state index in [1.807, 2.05) is 0 Å². The lowest BCUT2D eigenvalue weighted by Gasteiger charge is -2.45. The zero-order valence-corrected chi connectivity index (χ0v) is 85.9. The third-order valence-electron chi connectivity index (χ3n) is 31.4. The molecule has 3 atom stereocenters. The number of fused-ring (bicyclic) bond motifs is 63. The number of benzene rings is 25. The van der Waals surface area contributed by atoms with E-state index in [0.717, 1.165) is 0 Å². The number of hydrogen-bond acceptors (Lipinski definition) is 5. The summed E-state index contributed by atoms with van der Waals surface area (Å²) < 4.78 is 13.2. The second kappa shape index (κ2) is 35.4. The van der Waals surface area contributed by atoms with E-state index in [1.165, 1.54) is 275 Å². The molecule has 3 unspecified atom stereocenters. The van der Waals surface area contributed by atoms with Crippen LogP contribution >= 0.6 is 40.4 Å². The summed E-state index contributed by atoms with van der Waals surface area (Å²) in [6.07, 6.45) is 0. The summed E-state index contributed by atoms with van der Waals surface area (Å²) in [6, 6.07) is 201. The maximum Gasteiger partial charge on any atom is 0.0612 e. The van der Waals surface area contributed by atoms with Crippen LogP contribution in [0.1, 0.15) is 0 Å². The third kappa shape index (κ3) is 13.4. The summed E-state index contributed by atoms with van der Waals surface area (Å²) in [5.41, 5.74) is 40.2. The van der Waals surface area contributed by atoms with E-state index in [1.54, 1.807) is 0 Å². The Morgan fingerprint density at radius 2 is 0.287 bits per heavy atom. The molecule has 0 amide bonds. The molecule has 0 aliphatic carbocycles. The lowest BCUT2D eigenvalue weighted by Crippen LogP contribution is -2.34. The van der Waals surface area contributed by atoms with Gasteiger partial charge in [-0.15, -0.1) is 0 Å². The highest BCUT2D eigenvalue weighted by Crippen LogP contribution is 2.69. The average Bonchev–Trinajstić information content (AvgIpc) is 0.603. The molecule has 0 spiro atoms. The van der Waals surface area contributed by atoms with Crippen LogP contribution in [0.5, 0.6) is 0 Å². The Hall–Kier alpha value is -17.1. The van der Waals surface area contributed by atoms with Gasteiger partial charge in [-0.25, -0.2) is 0 Å². The van der Waals surface area contributed by atoms with E-state index in [0.29, 0.717) is 0 Å². The molecule has 10 heteroatoms. The summed E-state index contributed by atoms with van der Waals surface area (Å²) >= 11 is 0. The lowest BCUT2D eigenvalue weighted by atomic mass is 9.94. The first-order chi connectivity index (χ1) is 74.5. The fourth-order valence-electron chi connectivity index (χ4n) is 25.0. The Balaban J connectivity index is 0.0000000846. The SMILES string of the molecule is c1ccc2c(c1)-c1ccc3ccccc3c1N1c3c(ccc4ccccc34)-c3ccccc3P21.c1ccc2c(c1)-c1ccccc1P1c3cc4ccccc4cc3-c3ccccc3N21.c1ccc2c(c1)-c1ccccc1P1c3ccccc3-c3cc4ccccc4cc3N21.c1ccc2c(c1)-c1ccccc1P1c3ccccc3-c3ccc4ccccc4c3N21.c1ccc2c(c1)-c1ccccc1P1c3ccccc3-c3ccccc3N21. The van der Waals surface area contributed by atoms with Gasteiger partial charge in [0, 0.05) is 125 Å². The summed E-state index contributed by atoms with van der Waals surface area (Å²) in [7, 11) is -3.44. The van der Waals surface area contributed by atoms with Crippen LogP contribution in [-0.4, -0.2) is 0 Å². The van der Waals surface area contributed by atoms with Crippen LogP contribution in [0.25, 0.3) is 165 Å². The first kappa shape index (κ1) is 87.2. The van der Waals surface area contributed by atoms with Gasteiger partial charge in [0.25, 0.3) is 0 Å². The number of anilines is 10. The van der Waals surface area contributed by atoms with Crippen molar-refractivity contribution in [3.05, 3.63) is 546 Å². The van der Waals surface area contributed by atoms with Gasteiger partial charge >= 0.3 is 0 Å². The Labute approximate surface area is 877 Å². The maximum absolute atomic E-state index is 2.70.